The molecule has 10 heavy (non-hydrogen) atoms. The van der Waals surface area contributed by atoms with Gasteiger partial charge in [0, 0.05) is 13.1 Å². The standard InChI is InChI=1S/C7H11NOS/c9-3-2-8-5-7-1-4-10-6-7/h1,4,6,8-9H,2-3,5H2. The predicted octanol–water partition coefficient (Wildman–Crippen LogP) is 0.830. The average Bonchev–Trinajstić information content (AvgIpc) is 2.41. The summed E-state index contributed by atoms with van der Waals surface area (Å²) >= 11 is 1.70. The molecule has 1 heterocycles. The number of hydrogen-bond acceptors (Lipinski definition) is 3. The molecule has 0 aromatic carbocycles. The second-order valence-corrected chi connectivity index (χ2v) is 2.81. The highest BCUT2D eigenvalue weighted by Gasteiger charge is 1.89. The molecule has 0 aliphatic carbocycles. The lowest BCUT2D eigenvalue weighted by molar-refractivity contribution is 0.292. The Labute approximate surface area is 64.5 Å². The smallest absolute Gasteiger partial charge is 0.0556 e. The van der Waals surface area contributed by atoms with Gasteiger partial charge in [-0.25, -0.2) is 0 Å². The van der Waals surface area contributed by atoms with Gasteiger partial charge in [0.2, 0.25) is 0 Å². The molecule has 0 unspecified atom stereocenters. The SMILES string of the molecule is OCCNCc1ccsc1. The summed E-state index contributed by atoms with van der Waals surface area (Å²) in [6.45, 7) is 1.75. The van der Waals surface area contributed by atoms with Crippen molar-refractivity contribution in [3.63, 3.8) is 0 Å². The molecule has 2 N–H and O–H groups in total. The Morgan fingerprint density at radius 2 is 2.50 bits per heavy atom. The summed E-state index contributed by atoms with van der Waals surface area (Å²) in [5.41, 5.74) is 1.29. The first kappa shape index (κ1) is 7.72. The van der Waals surface area contributed by atoms with Crippen LogP contribution in [0, 0.1) is 0 Å². The molecule has 0 bridgehead atoms. The van der Waals surface area contributed by atoms with Crippen LogP contribution in [-0.4, -0.2) is 18.3 Å². The van der Waals surface area contributed by atoms with Gasteiger partial charge in [-0.05, 0) is 22.4 Å². The third-order valence-electron chi connectivity index (χ3n) is 1.20. The topological polar surface area (TPSA) is 32.3 Å². The number of hydrogen-bond donors (Lipinski definition) is 2. The molecule has 0 aliphatic heterocycles. The Morgan fingerprint density at radius 3 is 3.10 bits per heavy atom. The van der Waals surface area contributed by atoms with Gasteiger partial charge in [0.1, 0.15) is 0 Å². The van der Waals surface area contributed by atoms with E-state index in [-0.39, 0.29) is 6.61 Å². The minimum atomic E-state index is 0.212. The number of thiophene rings is 1. The van der Waals surface area contributed by atoms with Gasteiger partial charge in [-0.1, -0.05) is 0 Å². The molecule has 0 amide bonds. The highest BCUT2D eigenvalue weighted by Crippen LogP contribution is 2.04. The van der Waals surface area contributed by atoms with Crippen molar-refractivity contribution in [1.82, 2.24) is 5.32 Å². The van der Waals surface area contributed by atoms with Crippen molar-refractivity contribution in [2.45, 2.75) is 6.54 Å². The summed E-state index contributed by atoms with van der Waals surface area (Å²) in [4.78, 5) is 0. The van der Waals surface area contributed by atoms with Gasteiger partial charge in [-0.3, -0.25) is 0 Å². The molecular weight excluding hydrogens is 146 g/mol. The van der Waals surface area contributed by atoms with Crippen molar-refractivity contribution in [1.29, 1.82) is 0 Å². The lowest BCUT2D eigenvalue weighted by Gasteiger charge is -1.97. The molecule has 56 valence electrons. The maximum Gasteiger partial charge on any atom is 0.0556 e. The zero-order valence-electron chi connectivity index (χ0n) is 5.71. The third-order valence-corrected chi connectivity index (χ3v) is 1.93. The fourth-order valence-electron chi connectivity index (χ4n) is 0.705. The molecule has 0 saturated heterocycles. The zero-order chi connectivity index (χ0) is 7.23. The van der Waals surface area contributed by atoms with Crippen LogP contribution >= 0.6 is 11.3 Å². The number of rotatable bonds is 4. The van der Waals surface area contributed by atoms with E-state index in [0.717, 1.165) is 6.54 Å². The van der Waals surface area contributed by atoms with E-state index in [1.807, 2.05) is 0 Å². The van der Waals surface area contributed by atoms with E-state index in [4.69, 9.17) is 5.11 Å². The second kappa shape index (κ2) is 4.44. The van der Waals surface area contributed by atoms with E-state index in [2.05, 4.69) is 22.1 Å². The Kier molecular flexibility index (Phi) is 3.43. The summed E-state index contributed by atoms with van der Waals surface area (Å²) < 4.78 is 0. The van der Waals surface area contributed by atoms with Crippen LogP contribution in [0.3, 0.4) is 0 Å². The maximum atomic E-state index is 8.43. The molecule has 0 saturated carbocycles. The van der Waals surface area contributed by atoms with Gasteiger partial charge in [-0.15, -0.1) is 0 Å². The number of aliphatic hydroxyl groups is 1. The average molecular weight is 157 g/mol. The molecule has 1 aromatic rings. The Bertz CT molecular complexity index is 162. The van der Waals surface area contributed by atoms with Crippen LogP contribution < -0.4 is 5.32 Å². The molecule has 1 rings (SSSR count). The van der Waals surface area contributed by atoms with E-state index < -0.39 is 0 Å². The molecule has 0 atom stereocenters. The molecule has 0 aliphatic rings. The van der Waals surface area contributed by atoms with Crippen molar-refractivity contribution < 1.29 is 5.11 Å². The summed E-state index contributed by atoms with van der Waals surface area (Å²) in [7, 11) is 0. The van der Waals surface area contributed by atoms with Gasteiger partial charge in [-0.2, -0.15) is 11.3 Å². The Hall–Kier alpha value is -0.380. The van der Waals surface area contributed by atoms with E-state index in [9.17, 15) is 0 Å². The summed E-state index contributed by atoms with van der Waals surface area (Å²) in [5, 5.41) is 15.7. The van der Waals surface area contributed by atoms with Crippen LogP contribution in [0.25, 0.3) is 0 Å². The molecule has 1 aromatic heterocycles. The zero-order valence-corrected chi connectivity index (χ0v) is 6.53. The van der Waals surface area contributed by atoms with E-state index in [0.29, 0.717) is 6.54 Å². The van der Waals surface area contributed by atoms with Crippen LogP contribution in [0.1, 0.15) is 5.56 Å². The molecule has 0 radical (unpaired) electrons. The van der Waals surface area contributed by atoms with Crippen LogP contribution in [-0.2, 0) is 6.54 Å². The fraction of sp³-hybridized carbons (Fsp3) is 0.429. The highest BCUT2D eigenvalue weighted by atomic mass is 32.1. The third kappa shape index (κ3) is 2.47. The number of nitrogens with one attached hydrogen (secondary N) is 1. The van der Waals surface area contributed by atoms with Gasteiger partial charge < -0.3 is 10.4 Å². The minimum Gasteiger partial charge on any atom is -0.395 e. The van der Waals surface area contributed by atoms with Crippen LogP contribution in [0.15, 0.2) is 16.8 Å². The monoisotopic (exact) mass is 157 g/mol. The van der Waals surface area contributed by atoms with Crippen LogP contribution in [0.4, 0.5) is 0 Å². The molecule has 0 fully saturated rings. The molecule has 3 heteroatoms. The summed E-state index contributed by atoms with van der Waals surface area (Å²) in [6.07, 6.45) is 0. The van der Waals surface area contributed by atoms with Crippen LogP contribution in [0.2, 0.25) is 0 Å². The lowest BCUT2D eigenvalue weighted by Crippen LogP contribution is -2.16. The van der Waals surface area contributed by atoms with Crippen molar-refractivity contribution in [2.75, 3.05) is 13.2 Å². The van der Waals surface area contributed by atoms with E-state index in [1.54, 1.807) is 11.3 Å². The number of aliphatic hydroxyl groups excluding tert-OH is 1. The predicted molar refractivity (Wildman–Crippen MR) is 43.1 cm³/mol. The Balaban J connectivity index is 2.15. The maximum absolute atomic E-state index is 8.43. The highest BCUT2D eigenvalue weighted by molar-refractivity contribution is 7.07. The van der Waals surface area contributed by atoms with Crippen molar-refractivity contribution >= 4 is 11.3 Å². The second-order valence-electron chi connectivity index (χ2n) is 2.03. The summed E-state index contributed by atoms with van der Waals surface area (Å²) in [6, 6.07) is 2.08. The minimum absolute atomic E-state index is 0.212. The lowest BCUT2D eigenvalue weighted by atomic mass is 10.3. The van der Waals surface area contributed by atoms with E-state index >= 15 is 0 Å². The largest absolute Gasteiger partial charge is 0.395 e. The molecule has 0 spiro atoms. The van der Waals surface area contributed by atoms with Crippen molar-refractivity contribution in [3.8, 4) is 0 Å². The van der Waals surface area contributed by atoms with Gasteiger partial charge in [0.25, 0.3) is 0 Å². The Morgan fingerprint density at radius 1 is 1.60 bits per heavy atom. The molecular formula is C7H11NOS. The van der Waals surface area contributed by atoms with E-state index in [1.165, 1.54) is 5.56 Å². The first-order valence-corrected chi connectivity index (χ1v) is 4.20. The first-order valence-electron chi connectivity index (χ1n) is 3.26. The van der Waals surface area contributed by atoms with Crippen molar-refractivity contribution in [3.05, 3.63) is 22.4 Å². The van der Waals surface area contributed by atoms with Crippen molar-refractivity contribution in [2.24, 2.45) is 0 Å². The molecule has 2 nitrogen and oxygen atoms in total. The fourth-order valence-corrected chi connectivity index (χ4v) is 1.37. The van der Waals surface area contributed by atoms with Gasteiger partial charge >= 0.3 is 0 Å². The van der Waals surface area contributed by atoms with Gasteiger partial charge in [0.05, 0.1) is 6.61 Å². The summed E-state index contributed by atoms with van der Waals surface area (Å²) in [5.74, 6) is 0. The van der Waals surface area contributed by atoms with Gasteiger partial charge in [0.15, 0.2) is 0 Å². The first-order chi connectivity index (χ1) is 4.93. The quantitative estimate of drug-likeness (QED) is 0.634. The normalized spacial score (nSPS) is 10.1. The van der Waals surface area contributed by atoms with Crippen LogP contribution in [0.5, 0.6) is 0 Å².